The second kappa shape index (κ2) is 6.05. The number of unbranched alkanes of at least 4 members (excludes halogenated alkanes) is 1. The fourth-order valence-electron chi connectivity index (χ4n) is 3.54. The van der Waals surface area contributed by atoms with Crippen LogP contribution >= 0.6 is 0 Å². The molecule has 0 radical (unpaired) electrons. The zero-order valence-electron chi connectivity index (χ0n) is 11.8. The van der Waals surface area contributed by atoms with Gasteiger partial charge in [-0.1, -0.05) is 19.8 Å². The SMILES string of the molecule is CCCC[C@@H]1[C@@H](C(=O)N2CCCCC2)[C@@H]1[C@@H](C)O. The third-order valence-corrected chi connectivity index (χ3v) is 4.63. The van der Waals surface area contributed by atoms with E-state index in [-0.39, 0.29) is 17.9 Å². The average Bonchev–Trinajstić information content (AvgIpc) is 3.11. The summed E-state index contributed by atoms with van der Waals surface area (Å²) in [5.41, 5.74) is 0. The van der Waals surface area contributed by atoms with Crippen LogP contribution in [-0.4, -0.2) is 35.1 Å². The van der Waals surface area contributed by atoms with E-state index in [1.54, 1.807) is 0 Å². The number of hydrogen-bond acceptors (Lipinski definition) is 2. The molecule has 1 saturated heterocycles. The normalized spacial score (nSPS) is 33.3. The molecule has 0 aromatic heterocycles. The summed E-state index contributed by atoms with van der Waals surface area (Å²) in [7, 11) is 0. The van der Waals surface area contributed by atoms with E-state index in [1.807, 2.05) is 11.8 Å². The highest BCUT2D eigenvalue weighted by Gasteiger charge is 2.56. The lowest BCUT2D eigenvalue weighted by atomic mass is 10.1. The number of aliphatic hydroxyl groups excluding tert-OH is 1. The van der Waals surface area contributed by atoms with E-state index < -0.39 is 0 Å². The Morgan fingerprint density at radius 2 is 2.00 bits per heavy atom. The van der Waals surface area contributed by atoms with Gasteiger partial charge in [0.2, 0.25) is 5.91 Å². The van der Waals surface area contributed by atoms with Crippen LogP contribution in [0.25, 0.3) is 0 Å². The minimum Gasteiger partial charge on any atom is -0.393 e. The Balaban J connectivity index is 1.91. The Labute approximate surface area is 111 Å². The van der Waals surface area contributed by atoms with Crippen LogP contribution in [0.4, 0.5) is 0 Å². The maximum Gasteiger partial charge on any atom is 0.226 e. The third-order valence-electron chi connectivity index (χ3n) is 4.63. The van der Waals surface area contributed by atoms with Crippen molar-refractivity contribution in [3.63, 3.8) is 0 Å². The summed E-state index contributed by atoms with van der Waals surface area (Å²) in [6.45, 7) is 5.89. The molecule has 3 heteroatoms. The fraction of sp³-hybridized carbons (Fsp3) is 0.933. The molecule has 104 valence electrons. The van der Waals surface area contributed by atoms with Gasteiger partial charge in [-0.05, 0) is 44.4 Å². The van der Waals surface area contributed by atoms with Crippen LogP contribution in [0.15, 0.2) is 0 Å². The molecule has 1 amide bonds. The first-order chi connectivity index (χ1) is 8.66. The molecule has 1 heterocycles. The zero-order chi connectivity index (χ0) is 13.1. The van der Waals surface area contributed by atoms with Gasteiger partial charge >= 0.3 is 0 Å². The van der Waals surface area contributed by atoms with Gasteiger partial charge in [-0.15, -0.1) is 0 Å². The molecule has 0 spiro atoms. The van der Waals surface area contributed by atoms with Crippen LogP contribution in [0.5, 0.6) is 0 Å². The summed E-state index contributed by atoms with van der Waals surface area (Å²) in [6.07, 6.45) is 6.69. The Bertz CT molecular complexity index is 284. The van der Waals surface area contributed by atoms with E-state index >= 15 is 0 Å². The highest BCUT2D eigenvalue weighted by molar-refractivity contribution is 5.82. The maximum atomic E-state index is 12.5. The first-order valence-electron chi connectivity index (χ1n) is 7.63. The Hall–Kier alpha value is -0.570. The van der Waals surface area contributed by atoms with Crippen LogP contribution in [0.1, 0.15) is 52.4 Å². The molecule has 1 N–H and O–H groups in total. The molecule has 1 aliphatic heterocycles. The van der Waals surface area contributed by atoms with Gasteiger partial charge in [0.15, 0.2) is 0 Å². The van der Waals surface area contributed by atoms with Crippen molar-refractivity contribution in [1.29, 1.82) is 0 Å². The highest BCUT2D eigenvalue weighted by atomic mass is 16.3. The number of hydrogen-bond donors (Lipinski definition) is 1. The molecule has 2 aliphatic rings. The topological polar surface area (TPSA) is 40.5 Å². The second-order valence-corrected chi connectivity index (χ2v) is 6.04. The number of nitrogens with zero attached hydrogens (tertiary/aromatic N) is 1. The predicted molar refractivity (Wildman–Crippen MR) is 72.1 cm³/mol. The number of carbonyl (C=O) groups is 1. The lowest BCUT2D eigenvalue weighted by Gasteiger charge is -2.27. The number of carbonyl (C=O) groups excluding carboxylic acids is 1. The van der Waals surface area contributed by atoms with Crippen molar-refractivity contribution in [3.05, 3.63) is 0 Å². The highest BCUT2D eigenvalue weighted by Crippen LogP contribution is 2.52. The Morgan fingerprint density at radius 1 is 1.33 bits per heavy atom. The van der Waals surface area contributed by atoms with Gasteiger partial charge < -0.3 is 10.0 Å². The van der Waals surface area contributed by atoms with Crippen LogP contribution in [0.3, 0.4) is 0 Å². The van der Waals surface area contributed by atoms with E-state index in [9.17, 15) is 9.90 Å². The lowest BCUT2D eigenvalue weighted by Crippen LogP contribution is -2.37. The standard InChI is InChI=1S/C15H27NO2/c1-3-4-8-12-13(11(2)17)14(12)15(18)16-9-6-5-7-10-16/h11-14,17H,3-10H2,1-2H3/t11-,12+,13-,14-/m1/s1. The summed E-state index contributed by atoms with van der Waals surface area (Å²) < 4.78 is 0. The largest absolute Gasteiger partial charge is 0.393 e. The molecule has 0 unspecified atom stereocenters. The van der Waals surface area contributed by atoms with Gasteiger partial charge in [-0.2, -0.15) is 0 Å². The molecular formula is C15H27NO2. The van der Waals surface area contributed by atoms with Gasteiger partial charge in [-0.25, -0.2) is 0 Å². The molecule has 0 bridgehead atoms. The van der Waals surface area contributed by atoms with Crippen LogP contribution in [0.2, 0.25) is 0 Å². The summed E-state index contributed by atoms with van der Waals surface area (Å²) in [5, 5.41) is 9.81. The molecule has 0 aromatic carbocycles. The maximum absolute atomic E-state index is 12.5. The summed E-state index contributed by atoms with van der Waals surface area (Å²) >= 11 is 0. The van der Waals surface area contributed by atoms with E-state index in [0.717, 1.165) is 32.4 Å². The number of likely N-dealkylation sites (tertiary alicyclic amines) is 1. The minimum atomic E-state index is -0.328. The zero-order valence-corrected chi connectivity index (χ0v) is 11.8. The van der Waals surface area contributed by atoms with Crippen LogP contribution in [0, 0.1) is 17.8 Å². The molecular weight excluding hydrogens is 226 g/mol. The first-order valence-corrected chi connectivity index (χ1v) is 7.63. The molecule has 2 rings (SSSR count). The number of aliphatic hydroxyl groups is 1. The number of amides is 1. The van der Waals surface area contributed by atoms with Crippen molar-refractivity contribution < 1.29 is 9.90 Å². The minimum absolute atomic E-state index is 0.120. The van der Waals surface area contributed by atoms with Crippen LogP contribution in [-0.2, 0) is 4.79 Å². The Morgan fingerprint density at radius 3 is 2.56 bits per heavy atom. The molecule has 0 aromatic rings. The summed E-state index contributed by atoms with van der Waals surface area (Å²) in [6, 6.07) is 0. The van der Waals surface area contributed by atoms with Crippen molar-refractivity contribution in [1.82, 2.24) is 4.90 Å². The fourth-order valence-corrected chi connectivity index (χ4v) is 3.54. The smallest absolute Gasteiger partial charge is 0.226 e. The van der Waals surface area contributed by atoms with Crippen molar-refractivity contribution in [3.8, 4) is 0 Å². The van der Waals surface area contributed by atoms with Crippen molar-refractivity contribution in [2.75, 3.05) is 13.1 Å². The number of piperidine rings is 1. The first kappa shape index (κ1) is 13.9. The molecule has 3 nitrogen and oxygen atoms in total. The molecule has 4 atom stereocenters. The molecule has 1 saturated carbocycles. The van der Waals surface area contributed by atoms with Gasteiger partial charge in [0.25, 0.3) is 0 Å². The molecule has 2 fully saturated rings. The van der Waals surface area contributed by atoms with Gasteiger partial charge in [0, 0.05) is 19.0 Å². The molecule has 18 heavy (non-hydrogen) atoms. The quantitative estimate of drug-likeness (QED) is 0.817. The van der Waals surface area contributed by atoms with E-state index in [0.29, 0.717) is 11.8 Å². The lowest BCUT2D eigenvalue weighted by molar-refractivity contribution is -0.134. The van der Waals surface area contributed by atoms with Gasteiger partial charge in [0.05, 0.1) is 6.10 Å². The monoisotopic (exact) mass is 253 g/mol. The molecule has 1 aliphatic carbocycles. The average molecular weight is 253 g/mol. The number of rotatable bonds is 5. The van der Waals surface area contributed by atoms with E-state index in [1.165, 1.54) is 19.3 Å². The van der Waals surface area contributed by atoms with E-state index in [2.05, 4.69) is 6.92 Å². The van der Waals surface area contributed by atoms with Gasteiger partial charge in [-0.3, -0.25) is 4.79 Å². The third kappa shape index (κ3) is 2.87. The van der Waals surface area contributed by atoms with Gasteiger partial charge in [0.1, 0.15) is 0 Å². The summed E-state index contributed by atoms with van der Waals surface area (Å²) in [5.74, 6) is 1.11. The Kier molecular flexibility index (Phi) is 4.66. The van der Waals surface area contributed by atoms with Crippen molar-refractivity contribution in [2.24, 2.45) is 17.8 Å². The predicted octanol–water partition coefficient (Wildman–Crippen LogP) is 2.43. The van der Waals surface area contributed by atoms with Crippen molar-refractivity contribution in [2.45, 2.75) is 58.5 Å². The van der Waals surface area contributed by atoms with E-state index in [4.69, 9.17) is 0 Å². The second-order valence-electron chi connectivity index (χ2n) is 6.04. The van der Waals surface area contributed by atoms with Crippen LogP contribution < -0.4 is 0 Å². The van der Waals surface area contributed by atoms with Crippen molar-refractivity contribution >= 4 is 5.91 Å². The summed E-state index contributed by atoms with van der Waals surface area (Å²) in [4.78, 5) is 14.5.